The van der Waals surface area contributed by atoms with Crippen LogP contribution in [0.3, 0.4) is 0 Å². The minimum atomic E-state index is -1.42. The average molecular weight is 351 g/mol. The third kappa shape index (κ3) is 3.36. The number of rotatable bonds is 4. The molecule has 2 atom stereocenters. The summed E-state index contributed by atoms with van der Waals surface area (Å²) in [5, 5.41) is 3.19. The molecule has 1 aliphatic carbocycles. The van der Waals surface area contributed by atoms with Gasteiger partial charge in [0.2, 0.25) is 0 Å². The van der Waals surface area contributed by atoms with Crippen LogP contribution in [0.4, 0.5) is 0 Å². The van der Waals surface area contributed by atoms with E-state index in [1.165, 1.54) is 12.8 Å². The maximum atomic E-state index is 2.59. The molecule has 0 aliphatic heterocycles. The Hall–Kier alpha value is -1.39. The van der Waals surface area contributed by atoms with Crippen LogP contribution < -0.4 is 10.4 Å². The van der Waals surface area contributed by atoms with Crippen molar-refractivity contribution >= 4 is 26.5 Å². The topological polar surface area (TPSA) is 0 Å². The largest absolute Gasteiger partial charge is 0.0878 e. The smallest absolute Gasteiger partial charge is 0.0873 e. The van der Waals surface area contributed by atoms with Gasteiger partial charge in [0.15, 0.2) is 0 Å². The van der Waals surface area contributed by atoms with Gasteiger partial charge in [-0.05, 0) is 23.9 Å². The van der Waals surface area contributed by atoms with Crippen LogP contribution in [0.5, 0.6) is 0 Å². The third-order valence-electron chi connectivity index (χ3n) is 6.25. The first-order valence-corrected chi connectivity index (χ1v) is 15.4. The van der Waals surface area contributed by atoms with Gasteiger partial charge in [-0.2, -0.15) is 0 Å². The number of allylic oxidation sites excluding steroid dienone is 2. The van der Waals surface area contributed by atoms with E-state index in [0.717, 1.165) is 11.1 Å². The lowest BCUT2D eigenvalue weighted by Crippen LogP contribution is -2.49. The highest BCUT2D eigenvalue weighted by Gasteiger charge is 2.38. The molecule has 0 N–H and O–H groups in total. The summed E-state index contributed by atoms with van der Waals surface area (Å²) in [6.07, 6.45) is 7.90. The molecule has 2 aromatic rings. The normalized spacial score (nSPS) is 21.7. The Morgan fingerprint density at radius 1 is 0.583 bits per heavy atom. The molecule has 0 heterocycles. The first kappa shape index (κ1) is 17.4. The van der Waals surface area contributed by atoms with E-state index in [1.54, 1.807) is 10.4 Å². The van der Waals surface area contributed by atoms with E-state index in [1.807, 2.05) is 0 Å². The second kappa shape index (κ2) is 6.85. The summed E-state index contributed by atoms with van der Waals surface area (Å²) >= 11 is 0. The SMILES string of the molecule is C[Si](C)(c1ccccc1)[C@@H]1C=C[C@H]([Si](C)(C)c2ccccc2)CC1. The van der Waals surface area contributed by atoms with Gasteiger partial charge >= 0.3 is 0 Å². The Balaban J connectivity index is 1.79. The van der Waals surface area contributed by atoms with Crippen molar-refractivity contribution in [2.24, 2.45) is 0 Å². The van der Waals surface area contributed by atoms with Gasteiger partial charge in [0.05, 0.1) is 16.1 Å². The second-order valence-corrected chi connectivity index (χ2v) is 17.9. The van der Waals surface area contributed by atoms with E-state index < -0.39 is 16.1 Å². The summed E-state index contributed by atoms with van der Waals surface area (Å²) in [6, 6.07) is 22.4. The van der Waals surface area contributed by atoms with E-state index >= 15 is 0 Å². The minimum Gasteiger partial charge on any atom is -0.0878 e. The molecule has 0 saturated heterocycles. The molecule has 0 fully saturated rings. The van der Waals surface area contributed by atoms with Crippen LogP contribution in [0.15, 0.2) is 72.8 Å². The fraction of sp³-hybridized carbons (Fsp3) is 0.364. The van der Waals surface area contributed by atoms with Crippen molar-refractivity contribution in [2.45, 2.75) is 50.1 Å². The molecule has 2 heteroatoms. The van der Waals surface area contributed by atoms with Gasteiger partial charge < -0.3 is 0 Å². The van der Waals surface area contributed by atoms with Gasteiger partial charge in [0.25, 0.3) is 0 Å². The molecule has 0 unspecified atom stereocenters. The van der Waals surface area contributed by atoms with Gasteiger partial charge in [0, 0.05) is 0 Å². The van der Waals surface area contributed by atoms with Crippen LogP contribution in [0.25, 0.3) is 0 Å². The van der Waals surface area contributed by atoms with Crippen LogP contribution in [-0.4, -0.2) is 16.1 Å². The molecule has 0 amide bonds. The van der Waals surface area contributed by atoms with Crippen LogP contribution in [-0.2, 0) is 0 Å². The fourth-order valence-electron chi connectivity index (χ4n) is 4.19. The summed E-state index contributed by atoms with van der Waals surface area (Å²) in [4.78, 5) is 0. The molecule has 24 heavy (non-hydrogen) atoms. The lowest BCUT2D eigenvalue weighted by atomic mass is 10.1. The van der Waals surface area contributed by atoms with E-state index in [0.29, 0.717) is 0 Å². The standard InChI is InChI=1S/C22H30Si2/c1-23(2,19-11-7-5-8-12-19)21-15-17-22(18-16-21)24(3,4)20-13-9-6-10-14-20/h5-15,17,21-22H,16,18H2,1-4H3/t21-,22+. The molecule has 0 saturated carbocycles. The summed E-state index contributed by atoms with van der Waals surface area (Å²) in [5.41, 5.74) is 1.55. The van der Waals surface area contributed by atoms with Crippen LogP contribution in [0.2, 0.25) is 37.3 Å². The lowest BCUT2D eigenvalue weighted by molar-refractivity contribution is 0.702. The van der Waals surface area contributed by atoms with Crippen molar-refractivity contribution in [1.82, 2.24) is 0 Å². The van der Waals surface area contributed by atoms with Gasteiger partial charge in [-0.1, -0.05) is 109 Å². The molecule has 126 valence electrons. The Kier molecular flexibility index (Phi) is 4.98. The maximum absolute atomic E-state index is 2.59. The predicted molar refractivity (Wildman–Crippen MR) is 113 cm³/mol. The Morgan fingerprint density at radius 2 is 0.917 bits per heavy atom. The van der Waals surface area contributed by atoms with E-state index in [4.69, 9.17) is 0 Å². The van der Waals surface area contributed by atoms with Crippen molar-refractivity contribution in [3.05, 3.63) is 72.8 Å². The Morgan fingerprint density at radius 3 is 1.21 bits per heavy atom. The van der Waals surface area contributed by atoms with E-state index in [9.17, 15) is 0 Å². The molecular weight excluding hydrogens is 320 g/mol. The van der Waals surface area contributed by atoms with Gasteiger partial charge in [-0.3, -0.25) is 0 Å². The van der Waals surface area contributed by atoms with Gasteiger partial charge in [-0.25, -0.2) is 0 Å². The molecule has 3 rings (SSSR count). The number of hydrogen-bond donors (Lipinski definition) is 0. The van der Waals surface area contributed by atoms with Crippen LogP contribution in [0, 0.1) is 0 Å². The zero-order valence-electron chi connectivity index (χ0n) is 15.5. The van der Waals surface area contributed by atoms with Crippen molar-refractivity contribution in [2.75, 3.05) is 0 Å². The van der Waals surface area contributed by atoms with E-state index in [-0.39, 0.29) is 0 Å². The fourth-order valence-corrected chi connectivity index (χ4v) is 10.1. The van der Waals surface area contributed by atoms with E-state index in [2.05, 4.69) is 99.0 Å². The third-order valence-corrected chi connectivity index (χ3v) is 14.6. The molecule has 1 aliphatic rings. The quantitative estimate of drug-likeness (QED) is 0.518. The van der Waals surface area contributed by atoms with Gasteiger partial charge in [-0.15, -0.1) is 0 Å². The van der Waals surface area contributed by atoms with Gasteiger partial charge in [0.1, 0.15) is 0 Å². The predicted octanol–water partition coefficient (Wildman–Crippen LogP) is 5.31. The highest BCUT2D eigenvalue weighted by atomic mass is 28.3. The van der Waals surface area contributed by atoms with Crippen molar-refractivity contribution in [3.63, 3.8) is 0 Å². The highest BCUT2D eigenvalue weighted by molar-refractivity contribution is 6.92. The Bertz CT molecular complexity index is 625. The molecule has 0 bridgehead atoms. The van der Waals surface area contributed by atoms with Crippen molar-refractivity contribution < 1.29 is 0 Å². The molecule has 0 aromatic heterocycles. The lowest BCUT2D eigenvalue weighted by Gasteiger charge is -2.39. The van der Waals surface area contributed by atoms with Crippen LogP contribution >= 0.6 is 0 Å². The summed E-state index contributed by atoms with van der Waals surface area (Å²) in [7, 11) is -2.84. The monoisotopic (exact) mass is 350 g/mol. The average Bonchev–Trinajstić information content (AvgIpc) is 2.63. The molecule has 0 radical (unpaired) electrons. The summed E-state index contributed by atoms with van der Waals surface area (Å²) in [6.45, 7) is 10.2. The van der Waals surface area contributed by atoms with Crippen LogP contribution in [0.1, 0.15) is 12.8 Å². The maximum Gasteiger partial charge on any atom is 0.0873 e. The van der Waals surface area contributed by atoms with Crippen molar-refractivity contribution in [1.29, 1.82) is 0 Å². The first-order chi connectivity index (χ1) is 11.4. The number of hydrogen-bond acceptors (Lipinski definition) is 0. The molecule has 2 aromatic carbocycles. The second-order valence-electron chi connectivity index (χ2n) is 8.35. The van der Waals surface area contributed by atoms with Crippen molar-refractivity contribution in [3.8, 4) is 0 Å². The summed E-state index contributed by atoms with van der Waals surface area (Å²) < 4.78 is 0. The zero-order chi connectivity index (χ0) is 17.2. The molecule has 0 spiro atoms. The minimum absolute atomic E-state index is 0.775. The highest BCUT2D eigenvalue weighted by Crippen LogP contribution is 2.40. The molecular formula is C22H30Si2. The molecule has 0 nitrogen and oxygen atoms in total. The number of benzene rings is 2. The zero-order valence-corrected chi connectivity index (χ0v) is 17.5. The summed E-state index contributed by atoms with van der Waals surface area (Å²) in [5.74, 6) is 0. The Labute approximate surface area is 149 Å². The first-order valence-electron chi connectivity index (χ1n) is 9.22.